The predicted molar refractivity (Wildman–Crippen MR) is 128 cm³/mol. The van der Waals surface area contributed by atoms with Crippen LogP contribution in [-0.4, -0.2) is 39.4 Å². The van der Waals surface area contributed by atoms with Crippen molar-refractivity contribution < 1.29 is 22.8 Å². The van der Waals surface area contributed by atoms with Crippen molar-refractivity contribution in [1.82, 2.24) is 15.3 Å². The van der Waals surface area contributed by atoms with Crippen LogP contribution >= 0.6 is 11.6 Å². The van der Waals surface area contributed by atoms with E-state index in [0.717, 1.165) is 23.3 Å². The van der Waals surface area contributed by atoms with E-state index in [0.29, 0.717) is 6.42 Å². The maximum atomic E-state index is 14.4. The number of fused-ring (bicyclic) bond motifs is 2. The topological polar surface area (TPSA) is 75.2 Å². The fourth-order valence-electron chi connectivity index (χ4n) is 5.80. The van der Waals surface area contributed by atoms with E-state index in [4.69, 9.17) is 11.6 Å². The average Bonchev–Trinajstić information content (AvgIpc) is 3.37. The third-order valence-electron chi connectivity index (χ3n) is 8.38. The molecule has 2 amide bonds. The number of nitrogens with zero attached hydrogens (tertiary/aromatic N) is 3. The van der Waals surface area contributed by atoms with Crippen LogP contribution in [0.2, 0.25) is 0 Å². The van der Waals surface area contributed by atoms with E-state index >= 15 is 0 Å². The average molecular weight is 521 g/mol. The maximum Gasteiger partial charge on any atom is 0.278 e. The van der Waals surface area contributed by atoms with Crippen molar-refractivity contribution in [2.75, 3.05) is 4.90 Å². The monoisotopic (exact) mass is 520 g/mol. The molecule has 3 aliphatic carbocycles. The molecule has 5 rings (SSSR count). The van der Waals surface area contributed by atoms with E-state index < -0.39 is 40.9 Å². The SMILES string of the molecule is CC1(c2ccc(N(C(=O)[C@H](F)Cl)[C@@](C)(C(=O)N[C@H]3CC4CC3CC4(F)F)c3cncnc3)cc2)CC1. The van der Waals surface area contributed by atoms with E-state index in [1.165, 1.54) is 25.6 Å². The summed E-state index contributed by atoms with van der Waals surface area (Å²) >= 11 is 5.63. The maximum absolute atomic E-state index is 14.4. The summed E-state index contributed by atoms with van der Waals surface area (Å²) in [7, 11) is 0. The molecule has 0 radical (unpaired) electrons. The highest BCUT2D eigenvalue weighted by molar-refractivity contribution is 6.32. The zero-order chi connectivity index (χ0) is 25.9. The number of alkyl halides is 4. The number of benzene rings is 1. The summed E-state index contributed by atoms with van der Waals surface area (Å²) in [6.07, 6.45) is 6.32. The number of hydrogen-bond donors (Lipinski definition) is 1. The van der Waals surface area contributed by atoms with Crippen LogP contribution < -0.4 is 10.2 Å². The number of amides is 2. The molecule has 0 spiro atoms. The smallest absolute Gasteiger partial charge is 0.278 e. The first-order valence-electron chi connectivity index (χ1n) is 12.1. The van der Waals surface area contributed by atoms with Gasteiger partial charge in [0.05, 0.1) is 0 Å². The molecule has 1 aromatic heterocycles. The molecule has 2 bridgehead atoms. The Kier molecular flexibility index (Phi) is 6.05. The molecule has 2 unspecified atom stereocenters. The van der Waals surface area contributed by atoms with E-state index in [2.05, 4.69) is 22.2 Å². The summed E-state index contributed by atoms with van der Waals surface area (Å²) < 4.78 is 42.5. The van der Waals surface area contributed by atoms with Crippen molar-refractivity contribution in [3.8, 4) is 0 Å². The lowest BCUT2D eigenvalue weighted by molar-refractivity contribution is -0.132. The van der Waals surface area contributed by atoms with Crippen molar-refractivity contribution >= 4 is 29.1 Å². The molecule has 1 heterocycles. The fraction of sp³-hybridized carbons (Fsp3) is 0.538. The van der Waals surface area contributed by atoms with Crippen LogP contribution in [0.3, 0.4) is 0 Å². The first-order chi connectivity index (χ1) is 17.0. The number of rotatable bonds is 7. The highest BCUT2D eigenvalue weighted by Crippen LogP contribution is 2.54. The summed E-state index contributed by atoms with van der Waals surface area (Å²) in [4.78, 5) is 36.2. The number of hydrogen-bond acceptors (Lipinski definition) is 4. The van der Waals surface area contributed by atoms with Gasteiger partial charge in [-0.05, 0) is 61.6 Å². The van der Waals surface area contributed by atoms with Crippen LogP contribution in [-0.2, 0) is 20.5 Å². The lowest BCUT2D eigenvalue weighted by Crippen LogP contribution is -2.60. The standard InChI is InChI=1S/C26H28ClF3N4O2/c1-24(7-8-24)16-3-5-19(6-4-16)34(22(35)21(27)28)25(2,18-12-31-14-32-13-18)23(36)33-20-10-17-9-15(20)11-26(17,29)30/h3-6,12-15,17,20-21H,7-11H2,1-2H3,(H,33,36)/t15?,17?,20-,21-,25+/m0/s1. The van der Waals surface area contributed by atoms with Crippen molar-refractivity contribution in [1.29, 1.82) is 0 Å². The highest BCUT2D eigenvalue weighted by atomic mass is 35.5. The molecule has 6 nitrogen and oxygen atoms in total. The minimum atomic E-state index is -2.73. The molecule has 0 aliphatic heterocycles. The lowest BCUT2D eigenvalue weighted by Gasteiger charge is -2.41. The van der Waals surface area contributed by atoms with Gasteiger partial charge >= 0.3 is 0 Å². The van der Waals surface area contributed by atoms with Gasteiger partial charge in [0.15, 0.2) is 5.54 Å². The molecule has 5 atom stereocenters. The fourth-order valence-corrected chi connectivity index (χ4v) is 5.90. The lowest BCUT2D eigenvalue weighted by atomic mass is 9.87. The quantitative estimate of drug-likeness (QED) is 0.529. The minimum absolute atomic E-state index is 0.0697. The molecule has 1 N–H and O–H groups in total. The van der Waals surface area contributed by atoms with E-state index in [1.807, 2.05) is 12.1 Å². The molecule has 3 fully saturated rings. The number of aromatic nitrogens is 2. The van der Waals surface area contributed by atoms with Gasteiger partial charge in [-0.25, -0.2) is 23.1 Å². The van der Waals surface area contributed by atoms with Crippen molar-refractivity contribution in [3.05, 3.63) is 54.1 Å². The number of anilines is 1. The molecule has 1 aromatic carbocycles. The van der Waals surface area contributed by atoms with E-state index in [-0.39, 0.29) is 35.4 Å². The van der Waals surface area contributed by atoms with Gasteiger partial charge in [-0.3, -0.25) is 14.5 Å². The molecule has 0 saturated heterocycles. The van der Waals surface area contributed by atoms with Gasteiger partial charge in [-0.2, -0.15) is 0 Å². The van der Waals surface area contributed by atoms with Gasteiger partial charge in [-0.15, -0.1) is 0 Å². The number of halogens is 4. The summed E-state index contributed by atoms with van der Waals surface area (Å²) in [6.45, 7) is 3.61. The van der Waals surface area contributed by atoms with Crippen LogP contribution in [0.4, 0.5) is 18.9 Å². The van der Waals surface area contributed by atoms with Crippen molar-refractivity contribution in [2.24, 2.45) is 11.8 Å². The Morgan fingerprint density at radius 1 is 1.17 bits per heavy atom. The normalized spacial score (nSPS) is 27.7. The second-order valence-corrected chi connectivity index (χ2v) is 11.1. The van der Waals surface area contributed by atoms with Crippen LogP contribution in [0.1, 0.15) is 57.1 Å². The van der Waals surface area contributed by atoms with Gasteiger partial charge in [0, 0.05) is 42.0 Å². The molecule has 3 saturated carbocycles. The Balaban J connectivity index is 1.53. The third-order valence-corrected chi connectivity index (χ3v) is 8.57. The van der Waals surface area contributed by atoms with Crippen molar-refractivity contribution in [3.63, 3.8) is 0 Å². The third kappa shape index (κ3) is 4.15. The molecule has 36 heavy (non-hydrogen) atoms. The Morgan fingerprint density at radius 3 is 2.31 bits per heavy atom. The summed E-state index contributed by atoms with van der Waals surface area (Å²) in [5, 5.41) is 2.89. The van der Waals surface area contributed by atoms with Gasteiger partial charge in [0.1, 0.15) is 6.33 Å². The van der Waals surface area contributed by atoms with Crippen LogP contribution in [0, 0.1) is 11.8 Å². The highest BCUT2D eigenvalue weighted by Gasteiger charge is 2.58. The Hall–Kier alpha value is -2.68. The van der Waals surface area contributed by atoms with Crippen LogP contribution in [0.5, 0.6) is 0 Å². The van der Waals surface area contributed by atoms with Gasteiger partial charge in [-0.1, -0.05) is 30.7 Å². The van der Waals surface area contributed by atoms with Crippen LogP contribution in [0.25, 0.3) is 0 Å². The zero-order valence-electron chi connectivity index (χ0n) is 20.1. The predicted octanol–water partition coefficient (Wildman–Crippen LogP) is 4.86. The second-order valence-electron chi connectivity index (χ2n) is 10.8. The number of carbonyl (C=O) groups is 2. The molecular formula is C26H28ClF3N4O2. The molecular weight excluding hydrogens is 493 g/mol. The Morgan fingerprint density at radius 2 is 1.81 bits per heavy atom. The molecule has 192 valence electrons. The Labute approximate surface area is 212 Å². The number of carbonyl (C=O) groups excluding carboxylic acids is 2. The Bertz CT molecular complexity index is 1160. The first-order valence-corrected chi connectivity index (χ1v) is 12.6. The number of nitrogens with one attached hydrogen (secondary N) is 1. The van der Waals surface area contributed by atoms with Gasteiger partial charge < -0.3 is 5.32 Å². The summed E-state index contributed by atoms with van der Waals surface area (Å²) in [5.41, 5.74) is -2.55. The van der Waals surface area contributed by atoms with E-state index in [1.54, 1.807) is 12.1 Å². The summed E-state index contributed by atoms with van der Waals surface area (Å²) in [6, 6.07) is 6.59. The van der Waals surface area contributed by atoms with Gasteiger partial charge in [0.2, 0.25) is 0 Å². The van der Waals surface area contributed by atoms with Gasteiger partial charge in [0.25, 0.3) is 23.4 Å². The second kappa shape index (κ2) is 8.71. The van der Waals surface area contributed by atoms with Crippen molar-refractivity contribution in [2.45, 2.75) is 74.5 Å². The van der Waals surface area contributed by atoms with E-state index in [9.17, 15) is 22.8 Å². The minimum Gasteiger partial charge on any atom is -0.351 e. The molecule has 10 heteroatoms. The largest absolute Gasteiger partial charge is 0.351 e. The molecule has 3 aliphatic rings. The molecule has 2 aromatic rings. The summed E-state index contributed by atoms with van der Waals surface area (Å²) in [5.74, 6) is -5.64. The zero-order valence-corrected chi connectivity index (χ0v) is 20.8. The van der Waals surface area contributed by atoms with Crippen LogP contribution in [0.15, 0.2) is 43.0 Å². The first kappa shape index (κ1) is 25.0.